The predicted octanol–water partition coefficient (Wildman–Crippen LogP) is -0.619. The van der Waals surface area contributed by atoms with Crippen LogP contribution in [0, 0.1) is 0 Å². The van der Waals surface area contributed by atoms with Gasteiger partial charge in [-0.1, -0.05) is 0 Å². The van der Waals surface area contributed by atoms with Crippen molar-refractivity contribution in [3.63, 3.8) is 0 Å². The van der Waals surface area contributed by atoms with Gasteiger partial charge in [-0.25, -0.2) is 17.9 Å². The maximum atomic E-state index is 11.9. The normalized spacial score (nSPS) is 11.1. The lowest BCUT2D eigenvalue weighted by Gasteiger charge is -2.09. The summed E-state index contributed by atoms with van der Waals surface area (Å²) >= 11 is 0. The van der Waals surface area contributed by atoms with Crippen molar-refractivity contribution >= 4 is 27.6 Å². The lowest BCUT2D eigenvalue weighted by atomic mass is 10.2. The van der Waals surface area contributed by atoms with Crippen LogP contribution in [0.15, 0.2) is 23.1 Å². The van der Waals surface area contributed by atoms with Crippen molar-refractivity contribution in [2.24, 2.45) is 0 Å². The molecule has 1 amide bonds. The Morgan fingerprint density at radius 2 is 1.95 bits per heavy atom. The zero-order valence-electron chi connectivity index (χ0n) is 10.7. The molecule has 0 fully saturated rings. The standard InChI is InChI=1S/C11H15N3O5S/c1-7(15)13-4-5-14-20(18,19)10-3-2-8(11(16)17)6-9(10)12/h2-3,6,14H,4-5,12H2,1H3,(H,13,15)(H,16,17). The van der Waals surface area contributed by atoms with Crippen molar-refractivity contribution in [3.05, 3.63) is 23.8 Å². The molecule has 8 nitrogen and oxygen atoms in total. The third-order valence-corrected chi connectivity index (χ3v) is 3.87. The summed E-state index contributed by atoms with van der Waals surface area (Å²) < 4.78 is 26.1. The highest BCUT2D eigenvalue weighted by Gasteiger charge is 2.18. The number of carbonyl (C=O) groups excluding carboxylic acids is 1. The van der Waals surface area contributed by atoms with E-state index in [-0.39, 0.29) is 35.1 Å². The van der Waals surface area contributed by atoms with E-state index < -0.39 is 16.0 Å². The van der Waals surface area contributed by atoms with Crippen LogP contribution in [-0.4, -0.2) is 38.5 Å². The molecule has 5 N–H and O–H groups in total. The molecule has 0 aliphatic carbocycles. The number of hydrogen-bond acceptors (Lipinski definition) is 5. The molecular weight excluding hydrogens is 286 g/mol. The van der Waals surface area contributed by atoms with E-state index in [0.29, 0.717) is 0 Å². The third kappa shape index (κ3) is 4.21. The summed E-state index contributed by atoms with van der Waals surface area (Å²) in [6.45, 7) is 1.46. The van der Waals surface area contributed by atoms with E-state index in [2.05, 4.69) is 10.0 Å². The SMILES string of the molecule is CC(=O)NCCNS(=O)(=O)c1ccc(C(=O)O)cc1N. The summed E-state index contributed by atoms with van der Waals surface area (Å²) in [5.41, 5.74) is 5.29. The molecule has 110 valence electrons. The minimum atomic E-state index is -3.85. The molecule has 0 heterocycles. The van der Waals surface area contributed by atoms with Crippen molar-refractivity contribution in [2.45, 2.75) is 11.8 Å². The van der Waals surface area contributed by atoms with Gasteiger partial charge in [0.1, 0.15) is 4.90 Å². The number of carboxylic acids is 1. The molecular formula is C11H15N3O5S. The van der Waals surface area contributed by atoms with Crippen LogP contribution in [-0.2, 0) is 14.8 Å². The molecule has 9 heteroatoms. The minimum Gasteiger partial charge on any atom is -0.478 e. The van der Waals surface area contributed by atoms with Crippen LogP contribution in [0.1, 0.15) is 17.3 Å². The number of nitrogens with one attached hydrogen (secondary N) is 2. The minimum absolute atomic E-state index is 0.00202. The molecule has 0 aliphatic rings. The zero-order valence-corrected chi connectivity index (χ0v) is 11.5. The molecule has 0 radical (unpaired) electrons. The number of hydrogen-bond donors (Lipinski definition) is 4. The van der Waals surface area contributed by atoms with E-state index >= 15 is 0 Å². The van der Waals surface area contributed by atoms with Crippen LogP contribution < -0.4 is 15.8 Å². The summed E-state index contributed by atoms with van der Waals surface area (Å²) in [5.74, 6) is -1.46. The first-order valence-electron chi connectivity index (χ1n) is 5.61. The quantitative estimate of drug-likeness (QED) is 0.408. The van der Waals surface area contributed by atoms with Gasteiger partial charge in [0.25, 0.3) is 0 Å². The van der Waals surface area contributed by atoms with E-state index in [9.17, 15) is 18.0 Å². The topological polar surface area (TPSA) is 139 Å². The molecule has 0 saturated heterocycles. The zero-order chi connectivity index (χ0) is 15.3. The van der Waals surface area contributed by atoms with Gasteiger partial charge in [-0.15, -0.1) is 0 Å². The average molecular weight is 301 g/mol. The lowest BCUT2D eigenvalue weighted by molar-refractivity contribution is -0.118. The van der Waals surface area contributed by atoms with Gasteiger partial charge in [0, 0.05) is 20.0 Å². The van der Waals surface area contributed by atoms with E-state index in [1.807, 2.05) is 0 Å². The predicted molar refractivity (Wildman–Crippen MR) is 71.7 cm³/mol. The average Bonchev–Trinajstić information content (AvgIpc) is 2.34. The van der Waals surface area contributed by atoms with Gasteiger partial charge in [0.15, 0.2) is 0 Å². The Labute approximate surface area is 116 Å². The van der Waals surface area contributed by atoms with E-state index in [1.54, 1.807) is 0 Å². The number of carboxylic acid groups (broad SMARTS) is 1. The summed E-state index contributed by atoms with van der Waals surface area (Å²) in [7, 11) is -3.85. The molecule has 0 saturated carbocycles. The molecule has 0 bridgehead atoms. The summed E-state index contributed by atoms with van der Waals surface area (Å²) in [6.07, 6.45) is 0. The second-order valence-corrected chi connectivity index (χ2v) is 5.67. The van der Waals surface area contributed by atoms with E-state index in [1.165, 1.54) is 6.92 Å². The van der Waals surface area contributed by atoms with Gasteiger partial charge in [0.05, 0.1) is 11.3 Å². The van der Waals surface area contributed by atoms with Crippen molar-refractivity contribution in [1.29, 1.82) is 0 Å². The fraction of sp³-hybridized carbons (Fsp3) is 0.273. The number of anilines is 1. The van der Waals surface area contributed by atoms with Crippen LogP contribution in [0.25, 0.3) is 0 Å². The van der Waals surface area contributed by atoms with Crippen LogP contribution in [0.3, 0.4) is 0 Å². The summed E-state index contributed by atoms with van der Waals surface area (Å²) in [5, 5.41) is 11.2. The van der Waals surface area contributed by atoms with Crippen LogP contribution in [0.4, 0.5) is 5.69 Å². The van der Waals surface area contributed by atoms with Crippen molar-refractivity contribution in [1.82, 2.24) is 10.0 Å². The Balaban J connectivity index is 2.82. The van der Waals surface area contributed by atoms with Gasteiger partial charge >= 0.3 is 5.97 Å². The Morgan fingerprint density at radius 3 is 2.45 bits per heavy atom. The molecule has 1 aromatic carbocycles. The number of benzene rings is 1. The number of amides is 1. The molecule has 0 aliphatic heterocycles. The fourth-order valence-corrected chi connectivity index (χ4v) is 2.57. The van der Waals surface area contributed by atoms with Gasteiger partial charge in [0.2, 0.25) is 15.9 Å². The number of sulfonamides is 1. The molecule has 0 unspecified atom stereocenters. The van der Waals surface area contributed by atoms with Crippen LogP contribution in [0.2, 0.25) is 0 Å². The Morgan fingerprint density at radius 1 is 1.30 bits per heavy atom. The largest absolute Gasteiger partial charge is 0.478 e. The number of rotatable bonds is 6. The molecule has 20 heavy (non-hydrogen) atoms. The molecule has 1 aromatic rings. The highest BCUT2D eigenvalue weighted by molar-refractivity contribution is 7.89. The smallest absolute Gasteiger partial charge is 0.335 e. The van der Waals surface area contributed by atoms with Crippen molar-refractivity contribution < 1.29 is 23.1 Å². The molecule has 1 rings (SSSR count). The fourth-order valence-electron chi connectivity index (χ4n) is 1.43. The number of carbonyl (C=O) groups is 2. The second kappa shape index (κ2) is 6.35. The summed E-state index contributed by atoms with van der Waals surface area (Å²) in [6, 6.07) is 3.35. The highest BCUT2D eigenvalue weighted by Crippen LogP contribution is 2.19. The van der Waals surface area contributed by atoms with Crippen molar-refractivity contribution in [2.75, 3.05) is 18.8 Å². The van der Waals surface area contributed by atoms with Crippen LogP contribution >= 0.6 is 0 Å². The van der Waals surface area contributed by atoms with E-state index in [4.69, 9.17) is 10.8 Å². The third-order valence-electron chi connectivity index (χ3n) is 2.34. The Bertz CT molecular complexity index is 627. The van der Waals surface area contributed by atoms with E-state index in [0.717, 1.165) is 18.2 Å². The number of nitrogen functional groups attached to an aromatic ring is 1. The summed E-state index contributed by atoms with van der Waals surface area (Å²) in [4.78, 5) is 21.2. The Kier molecular flexibility index (Phi) is 5.06. The second-order valence-electron chi connectivity index (χ2n) is 3.94. The molecule has 0 aromatic heterocycles. The molecule has 0 atom stereocenters. The maximum absolute atomic E-state index is 11.9. The number of nitrogens with two attached hydrogens (primary N) is 1. The van der Waals surface area contributed by atoms with Gasteiger partial charge in [-0.05, 0) is 18.2 Å². The Hall–Kier alpha value is -2.13. The van der Waals surface area contributed by atoms with Gasteiger partial charge < -0.3 is 16.2 Å². The highest BCUT2D eigenvalue weighted by atomic mass is 32.2. The van der Waals surface area contributed by atoms with Crippen molar-refractivity contribution in [3.8, 4) is 0 Å². The first-order valence-corrected chi connectivity index (χ1v) is 7.09. The maximum Gasteiger partial charge on any atom is 0.335 e. The monoisotopic (exact) mass is 301 g/mol. The lowest BCUT2D eigenvalue weighted by Crippen LogP contribution is -2.34. The first kappa shape index (κ1) is 15.9. The van der Waals surface area contributed by atoms with Gasteiger partial charge in [-0.2, -0.15) is 0 Å². The van der Waals surface area contributed by atoms with Crippen LogP contribution in [0.5, 0.6) is 0 Å². The molecule has 0 spiro atoms. The first-order chi connectivity index (χ1) is 9.24. The van der Waals surface area contributed by atoms with Gasteiger partial charge in [-0.3, -0.25) is 4.79 Å². The number of aromatic carboxylic acids is 1.